The maximum absolute atomic E-state index is 13.2. The van der Waals surface area contributed by atoms with Crippen molar-refractivity contribution >= 4 is 46.8 Å². The van der Waals surface area contributed by atoms with Gasteiger partial charge in [0.15, 0.2) is 0 Å². The van der Waals surface area contributed by atoms with E-state index in [-0.39, 0.29) is 18.4 Å². The lowest BCUT2D eigenvalue weighted by Crippen LogP contribution is -2.49. The van der Waals surface area contributed by atoms with E-state index in [2.05, 4.69) is 17.4 Å². The van der Waals surface area contributed by atoms with Crippen molar-refractivity contribution in [3.8, 4) is 0 Å². The summed E-state index contributed by atoms with van der Waals surface area (Å²) in [6, 6.07) is 14.9. The Balaban J connectivity index is 2.08. The van der Waals surface area contributed by atoms with Gasteiger partial charge in [-0.15, -0.1) is 0 Å². The highest BCUT2D eigenvalue weighted by molar-refractivity contribution is 7.98. The van der Waals surface area contributed by atoms with Crippen molar-refractivity contribution in [2.24, 2.45) is 0 Å². The van der Waals surface area contributed by atoms with Gasteiger partial charge >= 0.3 is 0 Å². The third kappa shape index (κ3) is 8.40. The van der Waals surface area contributed by atoms with Gasteiger partial charge in [0.1, 0.15) is 6.04 Å². The second-order valence-electron chi connectivity index (χ2n) is 7.26. The normalized spacial score (nSPS) is 11.7. The summed E-state index contributed by atoms with van der Waals surface area (Å²) >= 11 is 14.1. The van der Waals surface area contributed by atoms with Crippen LogP contribution in [0.15, 0.2) is 48.5 Å². The summed E-state index contributed by atoms with van der Waals surface area (Å²) < 4.78 is 0. The molecule has 0 aliphatic heterocycles. The minimum atomic E-state index is -0.537. The quantitative estimate of drug-likeness (QED) is 0.381. The standard InChI is InChI=1S/C24H30Cl2N2O2S/c1-3-13-27-24(30)22(4-2)28(16-19-10-11-20(25)15-21(19)26)23(29)12-14-31-17-18-8-6-5-7-9-18/h5-11,15,22H,3-4,12-14,16-17H2,1-2H3,(H,27,30)/t22-/m0/s1. The van der Waals surface area contributed by atoms with Crippen molar-refractivity contribution in [1.82, 2.24) is 10.2 Å². The molecular weight excluding hydrogens is 451 g/mol. The van der Waals surface area contributed by atoms with E-state index >= 15 is 0 Å². The van der Waals surface area contributed by atoms with Crippen LogP contribution in [-0.2, 0) is 21.9 Å². The average molecular weight is 481 g/mol. The Bertz CT molecular complexity index is 849. The van der Waals surface area contributed by atoms with E-state index in [0.29, 0.717) is 35.2 Å². The molecule has 168 valence electrons. The highest BCUT2D eigenvalue weighted by atomic mass is 35.5. The van der Waals surface area contributed by atoms with Crippen LogP contribution < -0.4 is 5.32 Å². The first-order valence-corrected chi connectivity index (χ1v) is 12.5. The zero-order chi connectivity index (χ0) is 22.6. The van der Waals surface area contributed by atoms with Crippen LogP contribution in [0.1, 0.15) is 44.2 Å². The highest BCUT2D eigenvalue weighted by Gasteiger charge is 2.28. The van der Waals surface area contributed by atoms with Crippen LogP contribution in [0.5, 0.6) is 0 Å². The lowest BCUT2D eigenvalue weighted by atomic mass is 10.1. The van der Waals surface area contributed by atoms with E-state index in [1.807, 2.05) is 38.1 Å². The molecule has 31 heavy (non-hydrogen) atoms. The van der Waals surface area contributed by atoms with Gasteiger partial charge in [0.2, 0.25) is 11.8 Å². The van der Waals surface area contributed by atoms with Crippen LogP contribution in [0.3, 0.4) is 0 Å². The van der Waals surface area contributed by atoms with E-state index < -0.39 is 6.04 Å². The summed E-state index contributed by atoms with van der Waals surface area (Å²) in [6.45, 7) is 4.79. The third-order valence-corrected chi connectivity index (χ3v) is 6.48. The molecule has 0 radical (unpaired) electrons. The minimum Gasteiger partial charge on any atom is -0.354 e. The Morgan fingerprint density at radius 2 is 1.84 bits per heavy atom. The van der Waals surface area contributed by atoms with Gasteiger partial charge < -0.3 is 10.2 Å². The number of hydrogen-bond donors (Lipinski definition) is 1. The Hall–Kier alpha value is -1.69. The number of halogens is 2. The predicted molar refractivity (Wildman–Crippen MR) is 132 cm³/mol. The molecule has 7 heteroatoms. The first-order valence-electron chi connectivity index (χ1n) is 10.6. The number of nitrogens with zero attached hydrogens (tertiary/aromatic N) is 1. The van der Waals surface area contributed by atoms with E-state index in [1.54, 1.807) is 28.8 Å². The summed E-state index contributed by atoms with van der Waals surface area (Å²) in [5.74, 6) is 1.36. The van der Waals surface area contributed by atoms with E-state index in [1.165, 1.54) is 5.56 Å². The molecule has 0 saturated carbocycles. The van der Waals surface area contributed by atoms with Crippen LogP contribution in [0.25, 0.3) is 0 Å². The SMILES string of the molecule is CCCNC(=O)[C@H](CC)N(Cc1ccc(Cl)cc1Cl)C(=O)CCSCc1ccccc1. The van der Waals surface area contributed by atoms with Gasteiger partial charge in [0.25, 0.3) is 0 Å². The van der Waals surface area contributed by atoms with Crippen LogP contribution in [0.2, 0.25) is 10.0 Å². The molecule has 2 aromatic rings. The molecule has 2 amide bonds. The van der Waals surface area contributed by atoms with Crippen molar-refractivity contribution in [2.75, 3.05) is 12.3 Å². The Morgan fingerprint density at radius 1 is 1.10 bits per heavy atom. The maximum Gasteiger partial charge on any atom is 0.242 e. The van der Waals surface area contributed by atoms with Crippen molar-refractivity contribution in [3.05, 3.63) is 69.7 Å². The molecule has 2 aromatic carbocycles. The highest BCUT2D eigenvalue weighted by Crippen LogP contribution is 2.24. The van der Waals surface area contributed by atoms with Gasteiger partial charge in [-0.1, -0.05) is 73.4 Å². The molecule has 0 fully saturated rings. The number of amides is 2. The van der Waals surface area contributed by atoms with Crippen molar-refractivity contribution < 1.29 is 9.59 Å². The largest absolute Gasteiger partial charge is 0.354 e. The van der Waals surface area contributed by atoms with Crippen LogP contribution in [0, 0.1) is 0 Å². The lowest BCUT2D eigenvalue weighted by molar-refractivity contribution is -0.141. The van der Waals surface area contributed by atoms with Gasteiger partial charge in [-0.25, -0.2) is 0 Å². The molecule has 0 bridgehead atoms. The van der Waals surface area contributed by atoms with Crippen LogP contribution in [-0.4, -0.2) is 35.1 Å². The fraction of sp³-hybridized carbons (Fsp3) is 0.417. The molecule has 0 aromatic heterocycles. The smallest absolute Gasteiger partial charge is 0.242 e. The van der Waals surface area contributed by atoms with Crippen molar-refractivity contribution in [1.29, 1.82) is 0 Å². The molecule has 0 saturated heterocycles. The van der Waals surface area contributed by atoms with E-state index in [0.717, 1.165) is 17.7 Å². The molecule has 4 nitrogen and oxygen atoms in total. The molecule has 0 aliphatic rings. The Morgan fingerprint density at radius 3 is 2.48 bits per heavy atom. The van der Waals surface area contributed by atoms with Crippen molar-refractivity contribution in [3.63, 3.8) is 0 Å². The molecule has 2 rings (SSSR count). The van der Waals surface area contributed by atoms with Crippen molar-refractivity contribution in [2.45, 2.75) is 51.4 Å². The molecule has 1 atom stereocenters. The van der Waals surface area contributed by atoms with Crippen LogP contribution in [0.4, 0.5) is 0 Å². The van der Waals surface area contributed by atoms with Gasteiger partial charge in [0, 0.05) is 41.1 Å². The molecular formula is C24H30Cl2N2O2S. The van der Waals surface area contributed by atoms with E-state index in [9.17, 15) is 9.59 Å². The lowest BCUT2D eigenvalue weighted by Gasteiger charge is -2.31. The summed E-state index contributed by atoms with van der Waals surface area (Å²) in [5, 5.41) is 3.96. The summed E-state index contributed by atoms with van der Waals surface area (Å²) in [6.07, 6.45) is 1.74. The van der Waals surface area contributed by atoms with Crippen LogP contribution >= 0.6 is 35.0 Å². The molecule has 1 N–H and O–H groups in total. The zero-order valence-corrected chi connectivity index (χ0v) is 20.4. The number of thioether (sulfide) groups is 1. The predicted octanol–water partition coefficient (Wildman–Crippen LogP) is 5.95. The number of carbonyl (C=O) groups is 2. The Labute approximate surface area is 199 Å². The molecule has 0 heterocycles. The third-order valence-electron chi connectivity index (χ3n) is 4.86. The topological polar surface area (TPSA) is 49.4 Å². The monoisotopic (exact) mass is 480 g/mol. The van der Waals surface area contributed by atoms with Gasteiger partial charge in [-0.3, -0.25) is 9.59 Å². The number of nitrogens with one attached hydrogen (secondary N) is 1. The summed E-state index contributed by atoms with van der Waals surface area (Å²) in [4.78, 5) is 27.6. The van der Waals surface area contributed by atoms with Gasteiger partial charge in [-0.05, 0) is 36.1 Å². The number of carbonyl (C=O) groups excluding carboxylic acids is 2. The summed E-state index contributed by atoms with van der Waals surface area (Å²) in [7, 11) is 0. The van der Waals surface area contributed by atoms with Gasteiger partial charge in [-0.2, -0.15) is 11.8 Å². The molecule has 0 aliphatic carbocycles. The number of hydrogen-bond acceptors (Lipinski definition) is 3. The second kappa shape index (κ2) is 13.7. The fourth-order valence-electron chi connectivity index (χ4n) is 3.19. The first-order chi connectivity index (χ1) is 15.0. The van der Waals surface area contributed by atoms with E-state index in [4.69, 9.17) is 23.2 Å². The average Bonchev–Trinajstić information content (AvgIpc) is 2.77. The van der Waals surface area contributed by atoms with Gasteiger partial charge in [0.05, 0.1) is 0 Å². The first kappa shape index (κ1) is 25.6. The Kier molecular flexibility index (Phi) is 11.3. The number of benzene rings is 2. The zero-order valence-electron chi connectivity index (χ0n) is 18.1. The molecule has 0 unspecified atom stereocenters. The fourth-order valence-corrected chi connectivity index (χ4v) is 4.55. The maximum atomic E-state index is 13.2. The number of rotatable bonds is 12. The molecule has 0 spiro atoms. The summed E-state index contributed by atoms with van der Waals surface area (Å²) in [5.41, 5.74) is 2.01. The second-order valence-corrected chi connectivity index (χ2v) is 9.21. The minimum absolute atomic E-state index is 0.0509.